The van der Waals surface area contributed by atoms with Gasteiger partial charge in [0.2, 0.25) is 0 Å². The lowest BCUT2D eigenvalue weighted by molar-refractivity contribution is -0.122. The van der Waals surface area contributed by atoms with Crippen LogP contribution < -0.4 is 10.2 Å². The first-order valence-electron chi connectivity index (χ1n) is 6.68. The van der Waals surface area contributed by atoms with E-state index < -0.39 is 17.8 Å². The molecule has 3 heterocycles. The predicted octanol–water partition coefficient (Wildman–Crippen LogP) is 1.90. The van der Waals surface area contributed by atoms with Gasteiger partial charge >= 0.3 is 6.03 Å². The lowest BCUT2D eigenvalue weighted by Crippen LogP contribution is -2.54. The van der Waals surface area contributed by atoms with Crippen molar-refractivity contribution >= 4 is 29.6 Å². The van der Waals surface area contributed by atoms with Crippen molar-refractivity contribution in [3.8, 4) is 0 Å². The average Bonchev–Trinajstić information content (AvgIpc) is 3.04. The molecule has 0 radical (unpaired) electrons. The van der Waals surface area contributed by atoms with Gasteiger partial charge in [-0.2, -0.15) is 0 Å². The zero-order valence-corrected chi connectivity index (χ0v) is 11.8. The number of nitrogens with zero attached hydrogens (tertiary/aromatic N) is 2. The van der Waals surface area contributed by atoms with Gasteiger partial charge in [-0.3, -0.25) is 19.9 Å². The van der Waals surface area contributed by atoms with Gasteiger partial charge in [-0.25, -0.2) is 9.69 Å². The van der Waals surface area contributed by atoms with E-state index in [4.69, 9.17) is 4.42 Å². The summed E-state index contributed by atoms with van der Waals surface area (Å²) in [5.74, 6) is -0.884. The number of imide groups is 2. The first kappa shape index (κ1) is 14.5. The fraction of sp³-hybridized carbons (Fsp3) is 0. The van der Waals surface area contributed by atoms with Crippen molar-refractivity contribution in [3.63, 3.8) is 0 Å². The molecule has 3 rings (SSSR count). The highest BCUT2D eigenvalue weighted by atomic mass is 16.3. The molecule has 2 aromatic heterocycles. The van der Waals surface area contributed by atoms with Gasteiger partial charge in [0.25, 0.3) is 11.8 Å². The summed E-state index contributed by atoms with van der Waals surface area (Å²) in [6.45, 7) is 0. The Morgan fingerprint density at radius 3 is 2.74 bits per heavy atom. The zero-order chi connectivity index (χ0) is 16.2. The van der Waals surface area contributed by atoms with E-state index >= 15 is 0 Å². The molecule has 1 aliphatic rings. The second kappa shape index (κ2) is 6.10. The van der Waals surface area contributed by atoms with Gasteiger partial charge in [-0.05, 0) is 36.4 Å². The lowest BCUT2D eigenvalue weighted by atomic mass is 10.1. The van der Waals surface area contributed by atoms with Crippen LogP contribution in [-0.2, 0) is 9.59 Å². The van der Waals surface area contributed by atoms with Gasteiger partial charge in [0.05, 0.1) is 18.1 Å². The third kappa shape index (κ3) is 2.93. The van der Waals surface area contributed by atoms with Gasteiger partial charge in [-0.15, -0.1) is 0 Å². The van der Waals surface area contributed by atoms with E-state index in [9.17, 15) is 14.4 Å². The molecular weight excluding hydrogens is 298 g/mol. The Bertz CT molecular complexity index is 807. The number of urea groups is 1. The lowest BCUT2D eigenvalue weighted by Gasteiger charge is -2.25. The minimum absolute atomic E-state index is 0.156. The molecule has 1 saturated heterocycles. The fourth-order valence-corrected chi connectivity index (χ4v) is 2.02. The summed E-state index contributed by atoms with van der Waals surface area (Å²) in [4.78, 5) is 40.9. The molecule has 0 saturated carbocycles. The van der Waals surface area contributed by atoms with E-state index in [0.717, 1.165) is 4.90 Å². The zero-order valence-electron chi connectivity index (χ0n) is 11.8. The minimum Gasteiger partial charge on any atom is -0.465 e. The van der Waals surface area contributed by atoms with Crippen LogP contribution in [0.3, 0.4) is 0 Å². The molecule has 0 spiro atoms. The van der Waals surface area contributed by atoms with Crippen molar-refractivity contribution in [3.05, 3.63) is 66.4 Å². The van der Waals surface area contributed by atoms with Crippen molar-refractivity contribution in [2.24, 2.45) is 0 Å². The summed E-state index contributed by atoms with van der Waals surface area (Å²) in [6.07, 6.45) is 8.82. The maximum absolute atomic E-state index is 12.4. The highest BCUT2D eigenvalue weighted by Gasteiger charge is 2.36. The largest absolute Gasteiger partial charge is 0.465 e. The molecule has 0 bridgehead atoms. The van der Waals surface area contributed by atoms with Crippen LogP contribution in [0.2, 0.25) is 0 Å². The third-order valence-corrected chi connectivity index (χ3v) is 3.07. The third-order valence-electron chi connectivity index (χ3n) is 3.07. The molecular formula is C16H11N3O4. The maximum atomic E-state index is 12.4. The number of rotatable bonds is 3. The Hall–Kier alpha value is -3.48. The topological polar surface area (TPSA) is 92.5 Å². The van der Waals surface area contributed by atoms with Crippen molar-refractivity contribution in [1.82, 2.24) is 10.3 Å². The molecule has 2 aromatic rings. The number of amides is 4. The van der Waals surface area contributed by atoms with E-state index in [1.54, 1.807) is 30.3 Å². The number of aromatic nitrogens is 1. The van der Waals surface area contributed by atoms with Crippen LogP contribution >= 0.6 is 0 Å². The molecule has 4 amide bonds. The Labute approximate surface area is 130 Å². The molecule has 1 aliphatic heterocycles. The Kier molecular flexibility index (Phi) is 3.84. The van der Waals surface area contributed by atoms with E-state index in [1.165, 1.54) is 30.8 Å². The highest BCUT2D eigenvalue weighted by molar-refractivity contribution is 6.37. The SMILES string of the molecule is O=C1NC(=O)N(c2cccnc2)C(=O)/C1=C/C=C/c1ccco1. The van der Waals surface area contributed by atoms with Gasteiger partial charge < -0.3 is 4.42 Å². The molecule has 7 nitrogen and oxygen atoms in total. The summed E-state index contributed by atoms with van der Waals surface area (Å²) in [7, 11) is 0. The van der Waals surface area contributed by atoms with Crippen LogP contribution in [0.25, 0.3) is 6.08 Å². The van der Waals surface area contributed by atoms with Crippen LogP contribution in [-0.4, -0.2) is 22.8 Å². The molecule has 1 N–H and O–H groups in total. The molecule has 0 aliphatic carbocycles. The van der Waals surface area contributed by atoms with Crippen LogP contribution in [0.5, 0.6) is 0 Å². The van der Waals surface area contributed by atoms with E-state index in [0.29, 0.717) is 5.76 Å². The van der Waals surface area contributed by atoms with E-state index in [-0.39, 0.29) is 11.3 Å². The van der Waals surface area contributed by atoms with E-state index in [2.05, 4.69) is 10.3 Å². The van der Waals surface area contributed by atoms with Crippen molar-refractivity contribution in [1.29, 1.82) is 0 Å². The highest BCUT2D eigenvalue weighted by Crippen LogP contribution is 2.19. The standard InChI is InChI=1S/C16H11N3O4/c20-14-13(7-1-5-12-6-3-9-23-12)15(21)19(16(22)18-14)11-4-2-8-17-10-11/h1-10H,(H,18,20,22)/b5-1+,13-7+. The number of anilines is 1. The monoisotopic (exact) mass is 309 g/mol. The van der Waals surface area contributed by atoms with Gasteiger partial charge in [0.15, 0.2) is 0 Å². The second-order valence-corrected chi connectivity index (χ2v) is 4.57. The summed E-state index contributed by atoms with van der Waals surface area (Å²) >= 11 is 0. The second-order valence-electron chi connectivity index (χ2n) is 4.57. The molecule has 0 aromatic carbocycles. The number of nitrogens with one attached hydrogen (secondary N) is 1. The summed E-state index contributed by atoms with van der Waals surface area (Å²) in [5, 5.41) is 2.13. The molecule has 7 heteroatoms. The number of pyridine rings is 1. The predicted molar refractivity (Wildman–Crippen MR) is 81.1 cm³/mol. The fourth-order valence-electron chi connectivity index (χ4n) is 2.02. The number of allylic oxidation sites excluding steroid dienone is 2. The molecule has 1 fully saturated rings. The van der Waals surface area contributed by atoms with Gasteiger partial charge in [0.1, 0.15) is 11.3 Å². The van der Waals surface area contributed by atoms with Gasteiger partial charge in [-0.1, -0.05) is 6.08 Å². The number of carbonyl (C=O) groups is 3. The molecule has 0 atom stereocenters. The molecule has 0 unspecified atom stereocenters. The minimum atomic E-state index is -0.805. The van der Waals surface area contributed by atoms with Crippen LogP contribution in [0.4, 0.5) is 10.5 Å². The van der Waals surface area contributed by atoms with Gasteiger partial charge in [0, 0.05) is 6.20 Å². The molecule has 114 valence electrons. The van der Waals surface area contributed by atoms with E-state index in [1.807, 2.05) is 0 Å². The Balaban J connectivity index is 1.89. The Morgan fingerprint density at radius 1 is 1.17 bits per heavy atom. The summed E-state index contributed by atoms with van der Waals surface area (Å²) in [5.41, 5.74) is 0.125. The van der Waals surface area contributed by atoms with Crippen molar-refractivity contribution < 1.29 is 18.8 Å². The smallest absolute Gasteiger partial charge is 0.336 e. The summed E-state index contributed by atoms with van der Waals surface area (Å²) in [6, 6.07) is 5.78. The number of barbiturate groups is 1. The number of furan rings is 1. The number of hydrogen-bond acceptors (Lipinski definition) is 5. The summed E-state index contributed by atoms with van der Waals surface area (Å²) < 4.78 is 5.11. The van der Waals surface area contributed by atoms with Crippen LogP contribution in [0.15, 0.2) is 65.1 Å². The normalized spacial score (nSPS) is 17.1. The van der Waals surface area contributed by atoms with Crippen molar-refractivity contribution in [2.75, 3.05) is 4.90 Å². The van der Waals surface area contributed by atoms with Crippen LogP contribution in [0, 0.1) is 0 Å². The Morgan fingerprint density at radius 2 is 2.04 bits per heavy atom. The quantitative estimate of drug-likeness (QED) is 0.690. The van der Waals surface area contributed by atoms with Crippen molar-refractivity contribution in [2.45, 2.75) is 0 Å². The number of hydrogen-bond donors (Lipinski definition) is 1. The first-order chi connectivity index (χ1) is 11.2. The average molecular weight is 309 g/mol. The molecule has 23 heavy (non-hydrogen) atoms. The van der Waals surface area contributed by atoms with Crippen LogP contribution in [0.1, 0.15) is 5.76 Å². The maximum Gasteiger partial charge on any atom is 0.336 e. The first-order valence-corrected chi connectivity index (χ1v) is 6.68. The number of carbonyl (C=O) groups excluding carboxylic acids is 3.